The number of likely N-dealkylation sites (tertiary alicyclic amines) is 1. The average Bonchev–Trinajstić information content (AvgIpc) is 2.85. The van der Waals surface area contributed by atoms with Gasteiger partial charge in [-0.05, 0) is 38.1 Å². The summed E-state index contributed by atoms with van der Waals surface area (Å²) in [6, 6.07) is 5.57. The fourth-order valence-electron chi connectivity index (χ4n) is 4.10. The molecule has 1 atom stereocenters. The number of hydrogen-bond donors (Lipinski definition) is 2. The first-order valence-corrected chi connectivity index (χ1v) is 12.0. The van der Waals surface area contributed by atoms with Crippen molar-refractivity contribution in [3.8, 4) is 17.2 Å². The van der Waals surface area contributed by atoms with Gasteiger partial charge >= 0.3 is 5.97 Å². The van der Waals surface area contributed by atoms with E-state index in [1.54, 1.807) is 18.3 Å². The fraction of sp³-hybridized carbons (Fsp3) is 0.400. The van der Waals surface area contributed by atoms with Crippen LogP contribution in [0.2, 0.25) is 5.02 Å². The van der Waals surface area contributed by atoms with Gasteiger partial charge in [0.2, 0.25) is 5.95 Å². The number of phenols is 1. The number of anilines is 2. The van der Waals surface area contributed by atoms with E-state index in [-0.39, 0.29) is 35.0 Å². The van der Waals surface area contributed by atoms with Crippen LogP contribution >= 0.6 is 11.6 Å². The summed E-state index contributed by atoms with van der Waals surface area (Å²) in [5, 5.41) is 13.1. The number of phenolic OH excluding ortho intramolecular Hbond substituents is 1. The number of benzene rings is 2. The SMILES string of the molecule is COc1cc2cnc(Nc3cc(O)c(Cl)cc3F)nc2cc1OCC(CN1CCCCC1)OC(C)=O. The quantitative estimate of drug-likeness (QED) is 0.390. The molecular formula is C25H28ClFN4O5. The van der Waals surface area contributed by atoms with Gasteiger partial charge < -0.3 is 24.6 Å². The van der Waals surface area contributed by atoms with E-state index in [0.29, 0.717) is 28.9 Å². The van der Waals surface area contributed by atoms with E-state index in [1.165, 1.54) is 20.5 Å². The summed E-state index contributed by atoms with van der Waals surface area (Å²) in [5.74, 6) is -0.294. The van der Waals surface area contributed by atoms with Gasteiger partial charge in [0.1, 0.15) is 24.3 Å². The number of halogens is 2. The number of piperidine rings is 1. The molecule has 2 aromatic carbocycles. The van der Waals surface area contributed by atoms with Crippen molar-refractivity contribution < 1.29 is 28.5 Å². The number of ether oxygens (including phenoxy) is 3. The van der Waals surface area contributed by atoms with Crippen molar-refractivity contribution in [2.45, 2.75) is 32.3 Å². The van der Waals surface area contributed by atoms with Crippen LogP contribution in [0.15, 0.2) is 30.5 Å². The normalized spacial score (nSPS) is 14.9. The van der Waals surface area contributed by atoms with Crippen molar-refractivity contribution >= 4 is 40.1 Å². The molecule has 1 aliphatic rings. The molecule has 3 aromatic rings. The van der Waals surface area contributed by atoms with Gasteiger partial charge in [0, 0.05) is 37.2 Å². The summed E-state index contributed by atoms with van der Waals surface area (Å²) < 4.78 is 31.2. The predicted molar refractivity (Wildman–Crippen MR) is 134 cm³/mol. The number of nitrogens with zero attached hydrogens (tertiary/aromatic N) is 3. The van der Waals surface area contributed by atoms with Crippen LogP contribution in [0, 0.1) is 5.82 Å². The molecule has 0 amide bonds. The zero-order chi connectivity index (χ0) is 25.7. The summed E-state index contributed by atoms with van der Waals surface area (Å²) in [5.41, 5.74) is 0.491. The van der Waals surface area contributed by atoms with Gasteiger partial charge in [0.15, 0.2) is 11.5 Å². The van der Waals surface area contributed by atoms with E-state index in [9.17, 15) is 14.3 Å². The molecule has 0 saturated carbocycles. The molecule has 192 valence electrons. The molecule has 0 aliphatic carbocycles. The van der Waals surface area contributed by atoms with Gasteiger partial charge in [0.05, 0.1) is 23.3 Å². The lowest BCUT2D eigenvalue weighted by Crippen LogP contribution is -2.40. The lowest BCUT2D eigenvalue weighted by atomic mass is 10.1. The molecule has 0 bridgehead atoms. The molecular weight excluding hydrogens is 491 g/mol. The highest BCUT2D eigenvalue weighted by atomic mass is 35.5. The number of carbonyl (C=O) groups is 1. The van der Waals surface area contributed by atoms with Crippen LogP contribution in [0.4, 0.5) is 16.0 Å². The van der Waals surface area contributed by atoms with E-state index in [1.807, 2.05) is 0 Å². The lowest BCUT2D eigenvalue weighted by molar-refractivity contribution is -0.149. The summed E-state index contributed by atoms with van der Waals surface area (Å²) in [7, 11) is 1.53. The van der Waals surface area contributed by atoms with Gasteiger partial charge in [-0.2, -0.15) is 0 Å². The van der Waals surface area contributed by atoms with Crippen molar-refractivity contribution in [2.24, 2.45) is 0 Å². The Morgan fingerprint density at radius 3 is 2.72 bits per heavy atom. The number of rotatable bonds is 9. The summed E-state index contributed by atoms with van der Waals surface area (Å²) in [6.07, 6.45) is 4.58. The van der Waals surface area contributed by atoms with Crippen molar-refractivity contribution in [3.05, 3.63) is 41.3 Å². The second kappa shape index (κ2) is 11.6. The first-order chi connectivity index (χ1) is 17.3. The Hall–Kier alpha value is -3.37. The second-order valence-corrected chi connectivity index (χ2v) is 8.97. The second-order valence-electron chi connectivity index (χ2n) is 8.57. The van der Waals surface area contributed by atoms with Gasteiger partial charge in [-0.25, -0.2) is 14.4 Å². The van der Waals surface area contributed by atoms with Crippen LogP contribution in [0.5, 0.6) is 17.2 Å². The van der Waals surface area contributed by atoms with Crippen molar-refractivity contribution in [3.63, 3.8) is 0 Å². The standard InChI is InChI=1S/C25H28ClFN4O5/c1-15(32)36-17(13-31-6-4-3-5-7-31)14-35-24-11-20-16(8-23(24)34-2)12-28-25(29-20)30-21-10-22(33)18(26)9-19(21)27/h8-12,17,33H,3-7,13-14H2,1-2H3,(H,28,29,30). The van der Waals surface area contributed by atoms with Gasteiger partial charge in [-0.15, -0.1) is 0 Å². The molecule has 9 nitrogen and oxygen atoms in total. The zero-order valence-electron chi connectivity index (χ0n) is 20.1. The van der Waals surface area contributed by atoms with Gasteiger partial charge in [0.25, 0.3) is 0 Å². The summed E-state index contributed by atoms with van der Waals surface area (Å²) in [6.45, 7) is 4.05. The smallest absolute Gasteiger partial charge is 0.303 e. The monoisotopic (exact) mass is 518 g/mol. The Morgan fingerprint density at radius 1 is 1.22 bits per heavy atom. The Bertz CT molecular complexity index is 1240. The zero-order valence-corrected chi connectivity index (χ0v) is 20.8. The van der Waals surface area contributed by atoms with Crippen LogP contribution in [-0.2, 0) is 9.53 Å². The molecule has 1 aromatic heterocycles. The number of carbonyl (C=O) groups excluding carboxylic acids is 1. The molecule has 4 rings (SSSR count). The molecule has 1 fully saturated rings. The molecule has 36 heavy (non-hydrogen) atoms. The number of aromatic hydroxyl groups is 1. The first kappa shape index (κ1) is 25.7. The average molecular weight is 519 g/mol. The van der Waals surface area contributed by atoms with Gasteiger partial charge in [-0.3, -0.25) is 9.69 Å². The maximum atomic E-state index is 14.2. The summed E-state index contributed by atoms with van der Waals surface area (Å²) in [4.78, 5) is 22.6. The van der Waals surface area contributed by atoms with Crippen LogP contribution in [-0.4, -0.2) is 65.4 Å². The van der Waals surface area contributed by atoms with Crippen LogP contribution < -0.4 is 14.8 Å². The summed E-state index contributed by atoms with van der Waals surface area (Å²) >= 11 is 5.74. The number of esters is 1. The van der Waals surface area contributed by atoms with E-state index in [4.69, 9.17) is 25.8 Å². The van der Waals surface area contributed by atoms with Crippen LogP contribution in [0.25, 0.3) is 10.9 Å². The Morgan fingerprint density at radius 2 is 2.00 bits per heavy atom. The first-order valence-electron chi connectivity index (χ1n) is 11.6. The van der Waals surface area contributed by atoms with Crippen LogP contribution in [0.3, 0.4) is 0 Å². The number of aromatic nitrogens is 2. The highest BCUT2D eigenvalue weighted by Gasteiger charge is 2.21. The largest absolute Gasteiger partial charge is 0.506 e. The highest BCUT2D eigenvalue weighted by Crippen LogP contribution is 2.33. The topological polar surface area (TPSA) is 106 Å². The van der Waals surface area contributed by atoms with Crippen LogP contribution in [0.1, 0.15) is 26.2 Å². The predicted octanol–water partition coefficient (Wildman–Crippen LogP) is 4.68. The Balaban J connectivity index is 1.54. The van der Waals surface area contributed by atoms with Crippen molar-refractivity contribution in [1.82, 2.24) is 14.9 Å². The Kier molecular flexibility index (Phi) is 8.27. The number of methoxy groups -OCH3 is 1. The number of nitrogens with one attached hydrogen (secondary N) is 1. The molecule has 0 radical (unpaired) electrons. The van der Waals surface area contributed by atoms with E-state index >= 15 is 0 Å². The van der Waals surface area contributed by atoms with E-state index < -0.39 is 11.9 Å². The van der Waals surface area contributed by atoms with E-state index in [2.05, 4.69) is 20.2 Å². The highest BCUT2D eigenvalue weighted by molar-refractivity contribution is 6.32. The minimum atomic E-state index is -0.662. The fourth-order valence-corrected chi connectivity index (χ4v) is 4.25. The third-order valence-corrected chi connectivity index (χ3v) is 6.12. The molecule has 2 N–H and O–H groups in total. The molecule has 0 spiro atoms. The Labute approximate surface area is 213 Å². The lowest BCUT2D eigenvalue weighted by Gasteiger charge is -2.30. The minimum Gasteiger partial charge on any atom is -0.506 e. The van der Waals surface area contributed by atoms with Crippen molar-refractivity contribution in [1.29, 1.82) is 0 Å². The number of hydrogen-bond acceptors (Lipinski definition) is 9. The maximum absolute atomic E-state index is 14.2. The minimum absolute atomic E-state index is 0.0248. The van der Waals surface area contributed by atoms with E-state index in [0.717, 1.165) is 38.1 Å². The molecule has 1 aliphatic heterocycles. The molecule has 11 heteroatoms. The van der Waals surface area contributed by atoms with Crippen molar-refractivity contribution in [2.75, 3.05) is 38.7 Å². The number of fused-ring (bicyclic) bond motifs is 1. The molecule has 2 heterocycles. The third-order valence-electron chi connectivity index (χ3n) is 5.82. The van der Waals surface area contributed by atoms with Gasteiger partial charge in [-0.1, -0.05) is 18.0 Å². The maximum Gasteiger partial charge on any atom is 0.303 e. The third kappa shape index (κ3) is 6.44. The molecule has 1 unspecified atom stereocenters. The molecule has 1 saturated heterocycles.